The fourth-order valence-electron chi connectivity index (χ4n) is 3.16. The molecule has 118 valence electrons. The molecule has 0 aliphatic carbocycles. The highest BCUT2D eigenvalue weighted by atomic mass is 16.5. The highest BCUT2D eigenvalue weighted by Crippen LogP contribution is 2.32. The Bertz CT molecular complexity index is 830. The second-order valence-corrected chi connectivity index (χ2v) is 5.72. The first kappa shape index (κ1) is 14.3. The maximum absolute atomic E-state index is 6.17. The van der Waals surface area contributed by atoms with Gasteiger partial charge in [-0.05, 0) is 13.3 Å². The van der Waals surface area contributed by atoms with Crippen LogP contribution < -0.4 is 5.73 Å². The zero-order chi connectivity index (χ0) is 15.8. The van der Waals surface area contributed by atoms with Crippen LogP contribution in [0.25, 0.3) is 22.6 Å². The molecule has 0 radical (unpaired) electrons. The van der Waals surface area contributed by atoms with Crippen molar-refractivity contribution < 1.29 is 4.74 Å². The first-order chi connectivity index (χ1) is 11.3. The molecular formula is C17H19N5O. The van der Waals surface area contributed by atoms with E-state index in [9.17, 15) is 0 Å². The number of rotatable bonds is 3. The summed E-state index contributed by atoms with van der Waals surface area (Å²) in [6.07, 6.45) is 2.22. The van der Waals surface area contributed by atoms with Crippen molar-refractivity contribution in [1.82, 2.24) is 19.5 Å². The molecule has 3 aromatic rings. The number of nitrogens with zero attached hydrogens (tertiary/aromatic N) is 4. The summed E-state index contributed by atoms with van der Waals surface area (Å²) in [4.78, 5) is 13.7. The number of nitrogens with two attached hydrogens (primary N) is 1. The van der Waals surface area contributed by atoms with Crippen LogP contribution >= 0.6 is 0 Å². The molecule has 2 aromatic heterocycles. The van der Waals surface area contributed by atoms with Gasteiger partial charge in [0.25, 0.3) is 0 Å². The summed E-state index contributed by atoms with van der Waals surface area (Å²) >= 11 is 0. The molecule has 1 aliphatic heterocycles. The van der Waals surface area contributed by atoms with Crippen molar-refractivity contribution in [2.75, 3.05) is 6.61 Å². The number of aromatic nitrogens is 4. The second-order valence-electron chi connectivity index (χ2n) is 5.72. The van der Waals surface area contributed by atoms with E-state index in [0.29, 0.717) is 6.61 Å². The maximum atomic E-state index is 6.17. The van der Waals surface area contributed by atoms with Crippen molar-refractivity contribution in [3.63, 3.8) is 0 Å². The minimum atomic E-state index is -0.204. The van der Waals surface area contributed by atoms with E-state index in [1.54, 1.807) is 6.33 Å². The normalized spacial score (nSPS) is 21.1. The zero-order valence-electron chi connectivity index (χ0n) is 13.0. The number of ether oxygens (including phenoxy) is 1. The van der Waals surface area contributed by atoms with Gasteiger partial charge in [-0.15, -0.1) is 0 Å². The predicted octanol–water partition coefficient (Wildman–Crippen LogP) is 2.30. The molecule has 6 heteroatoms. The zero-order valence-corrected chi connectivity index (χ0v) is 13.0. The topological polar surface area (TPSA) is 78.9 Å². The summed E-state index contributed by atoms with van der Waals surface area (Å²) in [5.41, 5.74) is 9.65. The fourth-order valence-corrected chi connectivity index (χ4v) is 3.16. The van der Waals surface area contributed by atoms with E-state index in [4.69, 9.17) is 15.5 Å². The Morgan fingerprint density at radius 1 is 1.26 bits per heavy atom. The molecule has 3 heterocycles. The molecule has 1 aromatic carbocycles. The molecule has 0 amide bonds. The Balaban J connectivity index is 1.93. The third-order valence-corrected chi connectivity index (χ3v) is 4.32. The van der Waals surface area contributed by atoms with E-state index in [1.165, 1.54) is 0 Å². The van der Waals surface area contributed by atoms with Gasteiger partial charge < -0.3 is 15.0 Å². The fraction of sp³-hybridized carbons (Fsp3) is 0.353. The minimum absolute atomic E-state index is 0.0416. The van der Waals surface area contributed by atoms with E-state index in [2.05, 4.69) is 33.6 Å². The smallest absolute Gasteiger partial charge is 0.164 e. The summed E-state index contributed by atoms with van der Waals surface area (Å²) in [5, 5.41) is 0. The molecule has 1 saturated heterocycles. The van der Waals surface area contributed by atoms with Crippen LogP contribution in [-0.4, -0.2) is 32.2 Å². The van der Waals surface area contributed by atoms with E-state index in [1.807, 2.05) is 18.2 Å². The molecule has 2 atom stereocenters. The lowest BCUT2D eigenvalue weighted by atomic mass is 10.1. The molecular weight excluding hydrogens is 290 g/mol. The standard InChI is InChI=1S/C17H19N5O/c1-2-22-16(11-6-4-3-5-7-11)21-14-13(19-10-20-17(14)22)15-12(18)8-9-23-15/h3-7,10,12,15H,2,8-9,18H2,1H3. The van der Waals surface area contributed by atoms with Gasteiger partial charge >= 0.3 is 0 Å². The van der Waals surface area contributed by atoms with Gasteiger partial charge in [-0.3, -0.25) is 0 Å². The molecule has 0 saturated carbocycles. The van der Waals surface area contributed by atoms with E-state index in [0.717, 1.165) is 41.2 Å². The average molecular weight is 309 g/mol. The average Bonchev–Trinajstić information content (AvgIpc) is 3.18. The van der Waals surface area contributed by atoms with Gasteiger partial charge in [0.05, 0.1) is 0 Å². The van der Waals surface area contributed by atoms with Crippen molar-refractivity contribution in [3.05, 3.63) is 42.4 Å². The summed E-state index contributed by atoms with van der Waals surface area (Å²) in [7, 11) is 0. The molecule has 6 nitrogen and oxygen atoms in total. The van der Waals surface area contributed by atoms with Crippen molar-refractivity contribution in [3.8, 4) is 11.4 Å². The molecule has 2 unspecified atom stereocenters. The monoisotopic (exact) mass is 309 g/mol. The lowest BCUT2D eigenvalue weighted by Gasteiger charge is -2.13. The summed E-state index contributed by atoms with van der Waals surface area (Å²) in [6, 6.07) is 10.1. The Hall–Kier alpha value is -2.31. The molecule has 4 rings (SSSR count). The molecule has 0 bridgehead atoms. The van der Waals surface area contributed by atoms with Crippen molar-refractivity contribution in [1.29, 1.82) is 0 Å². The number of fused-ring (bicyclic) bond motifs is 1. The number of imidazole rings is 1. The number of aryl methyl sites for hydroxylation is 1. The van der Waals surface area contributed by atoms with Gasteiger partial charge in [0.1, 0.15) is 29.5 Å². The Morgan fingerprint density at radius 3 is 2.78 bits per heavy atom. The largest absolute Gasteiger partial charge is 0.370 e. The third-order valence-electron chi connectivity index (χ3n) is 4.32. The Labute approximate surface area is 134 Å². The first-order valence-corrected chi connectivity index (χ1v) is 7.93. The van der Waals surface area contributed by atoms with Crippen LogP contribution in [0.4, 0.5) is 0 Å². The maximum Gasteiger partial charge on any atom is 0.164 e. The van der Waals surface area contributed by atoms with Gasteiger partial charge in [-0.1, -0.05) is 30.3 Å². The number of hydrogen-bond donors (Lipinski definition) is 1. The van der Waals surface area contributed by atoms with Crippen molar-refractivity contribution >= 4 is 11.2 Å². The highest BCUT2D eigenvalue weighted by Gasteiger charge is 2.31. The van der Waals surface area contributed by atoms with Gasteiger partial charge in [0, 0.05) is 24.8 Å². The molecule has 1 aliphatic rings. The lowest BCUT2D eigenvalue weighted by molar-refractivity contribution is 0.103. The molecule has 2 N–H and O–H groups in total. The lowest BCUT2D eigenvalue weighted by Crippen LogP contribution is -2.24. The second kappa shape index (κ2) is 5.72. The number of hydrogen-bond acceptors (Lipinski definition) is 5. The minimum Gasteiger partial charge on any atom is -0.370 e. The van der Waals surface area contributed by atoms with Gasteiger partial charge in [0.15, 0.2) is 5.65 Å². The Morgan fingerprint density at radius 2 is 2.09 bits per heavy atom. The molecule has 0 spiro atoms. The van der Waals surface area contributed by atoms with Crippen LogP contribution in [0.2, 0.25) is 0 Å². The van der Waals surface area contributed by atoms with Gasteiger partial charge in [0.2, 0.25) is 0 Å². The summed E-state index contributed by atoms with van der Waals surface area (Å²) < 4.78 is 7.89. The van der Waals surface area contributed by atoms with E-state index >= 15 is 0 Å². The van der Waals surface area contributed by atoms with Crippen LogP contribution in [0.3, 0.4) is 0 Å². The molecule has 1 fully saturated rings. The van der Waals surface area contributed by atoms with Crippen LogP contribution in [0, 0.1) is 0 Å². The summed E-state index contributed by atoms with van der Waals surface area (Å²) in [6.45, 7) is 3.54. The van der Waals surface area contributed by atoms with Crippen LogP contribution in [0.1, 0.15) is 25.1 Å². The predicted molar refractivity (Wildman–Crippen MR) is 87.7 cm³/mol. The first-order valence-electron chi connectivity index (χ1n) is 7.93. The SMILES string of the molecule is CCn1c(-c2ccccc2)nc2c(C3OCCC3N)ncnc21. The third kappa shape index (κ3) is 2.31. The molecule has 23 heavy (non-hydrogen) atoms. The van der Waals surface area contributed by atoms with Crippen LogP contribution in [-0.2, 0) is 11.3 Å². The van der Waals surface area contributed by atoms with Crippen molar-refractivity contribution in [2.45, 2.75) is 32.0 Å². The van der Waals surface area contributed by atoms with E-state index < -0.39 is 0 Å². The van der Waals surface area contributed by atoms with Gasteiger partial charge in [-0.25, -0.2) is 15.0 Å². The van der Waals surface area contributed by atoms with Crippen molar-refractivity contribution in [2.24, 2.45) is 5.73 Å². The highest BCUT2D eigenvalue weighted by molar-refractivity contribution is 5.79. The van der Waals surface area contributed by atoms with Crippen LogP contribution in [0.5, 0.6) is 0 Å². The number of benzene rings is 1. The van der Waals surface area contributed by atoms with Crippen LogP contribution in [0.15, 0.2) is 36.7 Å². The Kier molecular flexibility index (Phi) is 3.55. The van der Waals surface area contributed by atoms with Gasteiger partial charge in [-0.2, -0.15) is 0 Å². The van der Waals surface area contributed by atoms with E-state index in [-0.39, 0.29) is 12.1 Å². The quantitative estimate of drug-likeness (QED) is 0.803. The summed E-state index contributed by atoms with van der Waals surface area (Å²) in [5.74, 6) is 0.899.